The molecule has 1 aromatic heterocycles. The van der Waals surface area contributed by atoms with Gasteiger partial charge in [-0.05, 0) is 30.7 Å². The van der Waals surface area contributed by atoms with Crippen molar-refractivity contribution in [2.24, 2.45) is 0 Å². The molecule has 0 radical (unpaired) electrons. The van der Waals surface area contributed by atoms with Crippen molar-refractivity contribution in [2.75, 3.05) is 0 Å². The van der Waals surface area contributed by atoms with E-state index in [-0.39, 0.29) is 10.6 Å². The highest BCUT2D eigenvalue weighted by Crippen LogP contribution is 2.30. The minimum absolute atomic E-state index is 0.109. The summed E-state index contributed by atoms with van der Waals surface area (Å²) in [6.07, 6.45) is 4.53. The van der Waals surface area contributed by atoms with Gasteiger partial charge in [-0.15, -0.1) is 0 Å². The molecule has 4 nitrogen and oxygen atoms in total. The van der Waals surface area contributed by atoms with Crippen LogP contribution >= 0.6 is 0 Å². The zero-order chi connectivity index (χ0) is 10.1. The third-order valence-corrected chi connectivity index (χ3v) is 2.75. The first-order valence-corrected chi connectivity index (χ1v) is 4.81. The van der Waals surface area contributed by atoms with Gasteiger partial charge in [0.2, 0.25) is 0 Å². The maximum atomic E-state index is 10.5. The highest BCUT2D eigenvalue weighted by atomic mass is 16.6. The topological polar surface area (TPSA) is 56.0 Å². The molecule has 14 heavy (non-hydrogen) atoms. The van der Waals surface area contributed by atoms with Crippen LogP contribution in [-0.4, -0.2) is 9.91 Å². The second kappa shape index (κ2) is 3.36. The lowest BCUT2D eigenvalue weighted by Crippen LogP contribution is -2.09. The van der Waals surface area contributed by atoms with E-state index in [4.69, 9.17) is 0 Å². The second-order valence-corrected chi connectivity index (χ2v) is 3.79. The predicted molar refractivity (Wildman–Crippen MR) is 52.2 cm³/mol. The Labute approximate surface area is 82.1 Å². The summed E-state index contributed by atoms with van der Waals surface area (Å²) < 4.78 is 0. The van der Waals surface area contributed by atoms with Crippen molar-refractivity contribution in [3.63, 3.8) is 0 Å². The van der Waals surface area contributed by atoms with E-state index in [0.717, 1.165) is 30.5 Å². The van der Waals surface area contributed by atoms with Crippen LogP contribution in [0.2, 0.25) is 0 Å². The first-order chi connectivity index (χ1) is 6.68. The van der Waals surface area contributed by atoms with Crippen LogP contribution < -0.4 is 0 Å². The third-order valence-electron chi connectivity index (χ3n) is 2.75. The lowest BCUT2D eigenvalue weighted by Gasteiger charge is -2.20. The molecular formula is C10H12N2O2. The van der Waals surface area contributed by atoms with Gasteiger partial charge in [0, 0.05) is 11.8 Å². The van der Waals surface area contributed by atoms with Gasteiger partial charge in [-0.25, -0.2) is 0 Å². The van der Waals surface area contributed by atoms with Gasteiger partial charge in [0.05, 0.1) is 4.92 Å². The van der Waals surface area contributed by atoms with Gasteiger partial charge in [0.15, 0.2) is 0 Å². The van der Waals surface area contributed by atoms with Gasteiger partial charge in [0.1, 0.15) is 6.20 Å². The van der Waals surface area contributed by atoms with Crippen LogP contribution in [0.25, 0.3) is 0 Å². The summed E-state index contributed by atoms with van der Waals surface area (Å²) in [7, 11) is 0. The lowest BCUT2D eigenvalue weighted by molar-refractivity contribution is -0.385. The van der Waals surface area contributed by atoms with E-state index in [1.807, 2.05) is 0 Å². The number of nitrogens with zero attached hydrogens (tertiary/aromatic N) is 2. The van der Waals surface area contributed by atoms with Crippen LogP contribution in [0, 0.1) is 10.1 Å². The average Bonchev–Trinajstić information content (AvgIpc) is 2.17. The average molecular weight is 192 g/mol. The second-order valence-electron chi connectivity index (χ2n) is 3.79. The van der Waals surface area contributed by atoms with Gasteiger partial charge >= 0.3 is 0 Å². The van der Waals surface area contributed by atoms with Crippen molar-refractivity contribution in [3.05, 3.63) is 33.6 Å². The van der Waals surface area contributed by atoms with Crippen LogP contribution in [0.4, 0.5) is 5.69 Å². The third kappa shape index (κ3) is 1.47. The first kappa shape index (κ1) is 9.12. The number of hydrogen-bond donors (Lipinski definition) is 0. The number of rotatable bonds is 1. The standard InChI is InChI=1S/C10H12N2O2/c1-7-3-2-4-8-5-9(12(13)14)6-11-10(7)8/h5-7H,2-4H2,1H3. The normalized spacial score (nSPS) is 20.2. The summed E-state index contributed by atoms with van der Waals surface area (Å²) in [6.45, 7) is 2.12. The van der Waals surface area contributed by atoms with E-state index in [9.17, 15) is 10.1 Å². The minimum atomic E-state index is -0.382. The number of aromatic nitrogens is 1. The molecule has 1 heterocycles. The van der Waals surface area contributed by atoms with Gasteiger partial charge in [-0.2, -0.15) is 0 Å². The van der Waals surface area contributed by atoms with Crippen LogP contribution in [-0.2, 0) is 6.42 Å². The molecule has 1 aliphatic rings. The quantitative estimate of drug-likeness (QED) is 0.507. The molecule has 0 fully saturated rings. The number of nitro groups is 1. The number of fused-ring (bicyclic) bond motifs is 1. The Morgan fingerprint density at radius 1 is 1.64 bits per heavy atom. The molecule has 74 valence electrons. The highest BCUT2D eigenvalue weighted by molar-refractivity contribution is 5.36. The van der Waals surface area contributed by atoms with Crippen LogP contribution in [0.1, 0.15) is 36.9 Å². The molecule has 1 unspecified atom stereocenters. The summed E-state index contributed by atoms with van der Waals surface area (Å²) in [5.74, 6) is 0.444. The molecule has 1 aliphatic carbocycles. The Morgan fingerprint density at radius 3 is 3.14 bits per heavy atom. The molecule has 4 heteroatoms. The predicted octanol–water partition coefficient (Wildman–Crippen LogP) is 2.43. The SMILES string of the molecule is CC1CCCc2cc([N+](=O)[O-])cnc21. The summed E-state index contributed by atoms with van der Waals surface area (Å²) in [5.41, 5.74) is 2.21. The highest BCUT2D eigenvalue weighted by Gasteiger charge is 2.20. The van der Waals surface area contributed by atoms with Gasteiger partial charge in [-0.1, -0.05) is 6.92 Å². The Morgan fingerprint density at radius 2 is 2.43 bits per heavy atom. The largest absolute Gasteiger partial charge is 0.287 e. The van der Waals surface area contributed by atoms with Crippen molar-refractivity contribution < 1.29 is 4.92 Å². The number of aryl methyl sites for hydroxylation is 1. The molecular weight excluding hydrogens is 180 g/mol. The van der Waals surface area contributed by atoms with Crippen molar-refractivity contribution in [3.8, 4) is 0 Å². The molecule has 0 aromatic carbocycles. The molecule has 1 atom stereocenters. The van der Waals surface area contributed by atoms with Gasteiger partial charge in [0.25, 0.3) is 5.69 Å². The summed E-state index contributed by atoms with van der Waals surface area (Å²) in [4.78, 5) is 14.3. The van der Waals surface area contributed by atoms with E-state index in [2.05, 4.69) is 11.9 Å². The Balaban J connectivity index is 2.44. The Hall–Kier alpha value is -1.45. The van der Waals surface area contributed by atoms with Crippen LogP contribution in [0.5, 0.6) is 0 Å². The fourth-order valence-electron chi connectivity index (χ4n) is 1.99. The summed E-state index contributed by atoms with van der Waals surface area (Å²) >= 11 is 0. The lowest BCUT2D eigenvalue weighted by atomic mass is 9.88. The molecule has 2 rings (SSSR count). The summed E-state index contributed by atoms with van der Waals surface area (Å²) in [5, 5.41) is 10.5. The van der Waals surface area contributed by atoms with E-state index in [0.29, 0.717) is 5.92 Å². The minimum Gasteiger partial charge on any atom is -0.258 e. The van der Waals surface area contributed by atoms with Crippen molar-refractivity contribution in [1.29, 1.82) is 0 Å². The Kier molecular flexibility index (Phi) is 2.19. The van der Waals surface area contributed by atoms with Crippen molar-refractivity contribution in [1.82, 2.24) is 4.98 Å². The molecule has 1 aromatic rings. The molecule has 0 aliphatic heterocycles. The van der Waals surface area contributed by atoms with Crippen LogP contribution in [0.3, 0.4) is 0 Å². The maximum Gasteiger partial charge on any atom is 0.287 e. The molecule has 0 N–H and O–H groups in total. The molecule has 0 saturated heterocycles. The number of hydrogen-bond acceptors (Lipinski definition) is 3. The monoisotopic (exact) mass is 192 g/mol. The summed E-state index contributed by atoms with van der Waals surface area (Å²) in [6, 6.07) is 1.66. The van der Waals surface area contributed by atoms with Crippen molar-refractivity contribution >= 4 is 5.69 Å². The fourth-order valence-corrected chi connectivity index (χ4v) is 1.99. The fraction of sp³-hybridized carbons (Fsp3) is 0.500. The van der Waals surface area contributed by atoms with Gasteiger partial charge in [-0.3, -0.25) is 15.1 Å². The first-order valence-electron chi connectivity index (χ1n) is 4.81. The van der Waals surface area contributed by atoms with E-state index >= 15 is 0 Å². The molecule has 0 saturated carbocycles. The smallest absolute Gasteiger partial charge is 0.258 e. The van der Waals surface area contributed by atoms with Gasteiger partial charge < -0.3 is 0 Å². The van der Waals surface area contributed by atoms with E-state index < -0.39 is 0 Å². The molecule has 0 amide bonds. The zero-order valence-electron chi connectivity index (χ0n) is 8.06. The van der Waals surface area contributed by atoms with E-state index in [1.54, 1.807) is 6.07 Å². The van der Waals surface area contributed by atoms with Crippen LogP contribution in [0.15, 0.2) is 12.3 Å². The van der Waals surface area contributed by atoms with Crippen molar-refractivity contribution in [2.45, 2.75) is 32.1 Å². The zero-order valence-corrected chi connectivity index (χ0v) is 8.06. The number of pyridine rings is 1. The maximum absolute atomic E-state index is 10.5. The molecule has 0 spiro atoms. The van der Waals surface area contributed by atoms with E-state index in [1.165, 1.54) is 6.20 Å². The Bertz CT molecular complexity index is 376. The molecule has 0 bridgehead atoms.